The predicted molar refractivity (Wildman–Crippen MR) is 94.7 cm³/mol. The van der Waals surface area contributed by atoms with Crippen LogP contribution in [-0.4, -0.2) is 11.7 Å². The molecule has 1 aromatic heterocycles. The number of nitrogens with two attached hydrogens (primary N) is 1. The Morgan fingerprint density at radius 3 is 3.00 bits per heavy atom. The van der Waals surface area contributed by atoms with Gasteiger partial charge >= 0.3 is 0 Å². The number of aryl methyl sites for hydroxylation is 2. The number of thiophene rings is 1. The third-order valence-corrected chi connectivity index (χ3v) is 5.67. The number of hydrogen-bond acceptors (Lipinski definition) is 4. The summed E-state index contributed by atoms with van der Waals surface area (Å²) in [5.41, 5.74) is 9.45. The molecule has 0 spiro atoms. The molecule has 3 nitrogen and oxygen atoms in total. The Balaban J connectivity index is 0.00000161. The van der Waals surface area contributed by atoms with Crippen LogP contribution in [0.5, 0.6) is 0 Å². The van der Waals surface area contributed by atoms with Gasteiger partial charge in [0.1, 0.15) is 5.25 Å². The molecular weight excluding hydrogens is 324 g/mol. The van der Waals surface area contributed by atoms with Crippen molar-refractivity contribution in [3.8, 4) is 0 Å². The van der Waals surface area contributed by atoms with Crippen LogP contribution in [0.3, 0.4) is 0 Å². The fraction of sp³-hybridized carbons (Fsp3) is 0.267. The van der Waals surface area contributed by atoms with E-state index in [9.17, 15) is 4.79 Å². The molecule has 112 valence electrons. The van der Waals surface area contributed by atoms with Crippen LogP contribution >= 0.6 is 35.5 Å². The molecule has 3 rings (SSSR count). The van der Waals surface area contributed by atoms with E-state index in [1.807, 2.05) is 25.1 Å². The number of fused-ring (bicyclic) bond motifs is 1. The third-order valence-electron chi connectivity index (χ3n) is 3.43. The van der Waals surface area contributed by atoms with Crippen LogP contribution < -0.4 is 11.1 Å². The Morgan fingerprint density at radius 2 is 2.19 bits per heavy atom. The molecule has 0 saturated carbocycles. The monoisotopic (exact) mass is 340 g/mol. The van der Waals surface area contributed by atoms with Gasteiger partial charge in [0.25, 0.3) is 0 Å². The Kier molecular flexibility index (Phi) is 5.19. The smallest absolute Gasteiger partial charge is 0.242 e. The Bertz CT molecular complexity index is 657. The number of anilines is 2. The normalized spacial score (nSPS) is 16.7. The number of hydrogen-bond donors (Lipinski definition) is 2. The highest BCUT2D eigenvalue weighted by Gasteiger charge is 2.28. The van der Waals surface area contributed by atoms with Crippen molar-refractivity contribution in [1.29, 1.82) is 0 Å². The number of rotatable bonds is 2. The van der Waals surface area contributed by atoms with E-state index in [0.717, 1.165) is 23.4 Å². The topological polar surface area (TPSA) is 55.1 Å². The van der Waals surface area contributed by atoms with Gasteiger partial charge in [-0.1, -0.05) is 6.07 Å². The van der Waals surface area contributed by atoms with E-state index in [4.69, 9.17) is 5.73 Å². The number of amides is 1. The van der Waals surface area contributed by atoms with E-state index in [1.165, 1.54) is 10.4 Å². The molecule has 1 aromatic carbocycles. The van der Waals surface area contributed by atoms with Gasteiger partial charge in [-0.2, -0.15) is 0 Å². The van der Waals surface area contributed by atoms with Crippen molar-refractivity contribution in [3.63, 3.8) is 0 Å². The minimum atomic E-state index is -0.106. The second-order valence-corrected chi connectivity index (χ2v) is 7.08. The lowest BCUT2D eigenvalue weighted by molar-refractivity contribution is -0.115. The Labute approximate surface area is 138 Å². The van der Waals surface area contributed by atoms with Crippen LogP contribution in [0.1, 0.15) is 21.3 Å². The minimum absolute atomic E-state index is 0. The highest BCUT2D eigenvalue weighted by molar-refractivity contribution is 8.00. The van der Waals surface area contributed by atoms with Gasteiger partial charge in [0, 0.05) is 16.3 Å². The molecule has 0 radical (unpaired) electrons. The number of nitrogens with one attached hydrogen (secondary N) is 1. The van der Waals surface area contributed by atoms with E-state index in [2.05, 4.69) is 16.8 Å². The summed E-state index contributed by atoms with van der Waals surface area (Å²) in [5.74, 6) is 1.05. The van der Waals surface area contributed by atoms with Crippen LogP contribution in [0.15, 0.2) is 29.6 Å². The molecular formula is C15H17ClN2OS2. The molecule has 21 heavy (non-hydrogen) atoms. The summed E-state index contributed by atoms with van der Waals surface area (Å²) in [6, 6.07) is 7.66. The summed E-state index contributed by atoms with van der Waals surface area (Å²) >= 11 is 3.46. The van der Waals surface area contributed by atoms with Gasteiger partial charge in [-0.25, -0.2) is 0 Å². The molecule has 1 amide bonds. The number of halogens is 1. The molecule has 0 bridgehead atoms. The van der Waals surface area contributed by atoms with Crippen molar-refractivity contribution in [3.05, 3.63) is 45.6 Å². The zero-order valence-corrected chi connectivity index (χ0v) is 14.0. The summed E-state index contributed by atoms with van der Waals surface area (Å²) in [7, 11) is 0. The Hall–Kier alpha value is -1.17. The van der Waals surface area contributed by atoms with Crippen molar-refractivity contribution in [2.45, 2.75) is 18.6 Å². The molecule has 1 aliphatic heterocycles. The van der Waals surface area contributed by atoms with Gasteiger partial charge in [-0.3, -0.25) is 4.79 Å². The maximum atomic E-state index is 12.5. The van der Waals surface area contributed by atoms with E-state index in [-0.39, 0.29) is 23.6 Å². The molecule has 1 atom stereocenters. The van der Waals surface area contributed by atoms with Crippen molar-refractivity contribution in [1.82, 2.24) is 0 Å². The SMILES string of the molecule is Cc1ccc(N)cc1NC(=O)C1SCCc2sccc21.Cl. The third kappa shape index (κ3) is 3.36. The first kappa shape index (κ1) is 16.2. The van der Waals surface area contributed by atoms with Gasteiger partial charge in [0.05, 0.1) is 0 Å². The van der Waals surface area contributed by atoms with Crippen molar-refractivity contribution in [2.24, 2.45) is 0 Å². The lowest BCUT2D eigenvalue weighted by atomic mass is 10.1. The molecule has 1 unspecified atom stereocenters. The summed E-state index contributed by atoms with van der Waals surface area (Å²) in [5, 5.41) is 4.98. The second-order valence-electron chi connectivity index (χ2n) is 4.86. The largest absolute Gasteiger partial charge is 0.399 e. The standard InChI is InChI=1S/C15H16N2OS2.ClH/c1-9-2-3-10(16)8-12(9)17-15(18)14-11-4-6-19-13(11)5-7-20-14;/h2-4,6,8,14H,5,7,16H2,1H3,(H,17,18);1H. The zero-order valence-electron chi connectivity index (χ0n) is 11.6. The maximum absolute atomic E-state index is 12.5. The van der Waals surface area contributed by atoms with Crippen LogP contribution in [0, 0.1) is 6.92 Å². The molecule has 2 aromatic rings. The van der Waals surface area contributed by atoms with Crippen molar-refractivity contribution in [2.75, 3.05) is 16.8 Å². The minimum Gasteiger partial charge on any atom is -0.399 e. The molecule has 0 fully saturated rings. The highest BCUT2D eigenvalue weighted by Crippen LogP contribution is 2.40. The molecule has 1 aliphatic rings. The van der Waals surface area contributed by atoms with Crippen molar-refractivity contribution < 1.29 is 4.79 Å². The number of thioether (sulfide) groups is 1. The lowest BCUT2D eigenvalue weighted by Crippen LogP contribution is -2.22. The van der Waals surface area contributed by atoms with Gasteiger partial charge in [0.2, 0.25) is 5.91 Å². The first-order valence-electron chi connectivity index (χ1n) is 6.50. The number of nitrogen functional groups attached to an aromatic ring is 1. The quantitative estimate of drug-likeness (QED) is 0.811. The van der Waals surface area contributed by atoms with Gasteiger partial charge in [-0.05, 0) is 53.8 Å². The second kappa shape index (κ2) is 6.73. The Morgan fingerprint density at radius 1 is 1.38 bits per heavy atom. The van der Waals surface area contributed by atoms with E-state index in [0.29, 0.717) is 5.69 Å². The maximum Gasteiger partial charge on any atom is 0.242 e. The fourth-order valence-electron chi connectivity index (χ4n) is 2.34. The van der Waals surface area contributed by atoms with Crippen LogP contribution in [0.4, 0.5) is 11.4 Å². The van der Waals surface area contributed by atoms with Gasteiger partial charge < -0.3 is 11.1 Å². The molecule has 3 N–H and O–H groups in total. The van der Waals surface area contributed by atoms with Crippen LogP contribution in [0.2, 0.25) is 0 Å². The average Bonchev–Trinajstić information content (AvgIpc) is 2.91. The molecule has 0 saturated heterocycles. The summed E-state index contributed by atoms with van der Waals surface area (Å²) in [6.07, 6.45) is 1.07. The number of carbonyl (C=O) groups excluding carboxylic acids is 1. The van der Waals surface area contributed by atoms with E-state index >= 15 is 0 Å². The van der Waals surface area contributed by atoms with E-state index in [1.54, 1.807) is 23.1 Å². The number of benzene rings is 1. The summed E-state index contributed by atoms with van der Waals surface area (Å²) in [4.78, 5) is 13.9. The van der Waals surface area contributed by atoms with Crippen LogP contribution in [0.25, 0.3) is 0 Å². The molecule has 2 heterocycles. The van der Waals surface area contributed by atoms with Gasteiger partial charge in [-0.15, -0.1) is 35.5 Å². The highest BCUT2D eigenvalue weighted by atomic mass is 35.5. The van der Waals surface area contributed by atoms with Crippen molar-refractivity contribution >= 4 is 52.8 Å². The molecule has 0 aliphatic carbocycles. The predicted octanol–water partition coefficient (Wildman–Crippen LogP) is 4.03. The summed E-state index contributed by atoms with van der Waals surface area (Å²) < 4.78 is 0. The number of carbonyl (C=O) groups is 1. The van der Waals surface area contributed by atoms with Gasteiger partial charge in [0.15, 0.2) is 0 Å². The average molecular weight is 341 g/mol. The van der Waals surface area contributed by atoms with Crippen LogP contribution in [-0.2, 0) is 11.2 Å². The zero-order chi connectivity index (χ0) is 14.1. The first-order valence-corrected chi connectivity index (χ1v) is 8.43. The summed E-state index contributed by atoms with van der Waals surface area (Å²) in [6.45, 7) is 1.97. The first-order chi connectivity index (χ1) is 9.65. The molecule has 6 heteroatoms. The fourth-order valence-corrected chi connectivity index (χ4v) is 4.63. The lowest BCUT2D eigenvalue weighted by Gasteiger charge is -2.22. The van der Waals surface area contributed by atoms with E-state index < -0.39 is 0 Å².